The van der Waals surface area contributed by atoms with E-state index in [4.69, 9.17) is 20.6 Å². The molecule has 14 heteroatoms. The first-order valence-corrected chi connectivity index (χ1v) is 10.3. The van der Waals surface area contributed by atoms with Crippen LogP contribution >= 0.6 is 0 Å². The van der Waals surface area contributed by atoms with Crippen LogP contribution in [0.15, 0.2) is 48.5 Å². The summed E-state index contributed by atoms with van der Waals surface area (Å²) in [4.78, 5) is 20.8. The van der Waals surface area contributed by atoms with Crippen molar-refractivity contribution in [1.29, 1.82) is 0 Å². The molecule has 0 spiro atoms. The van der Waals surface area contributed by atoms with Crippen LogP contribution in [0.4, 0.5) is 8.78 Å². The lowest BCUT2D eigenvalue weighted by atomic mass is 10.2. The molecule has 0 saturated carbocycles. The predicted octanol–water partition coefficient (Wildman–Crippen LogP) is 0.569. The van der Waals surface area contributed by atoms with Gasteiger partial charge in [0.05, 0.1) is 0 Å². The molecular weight excluding hydrogens is 438 g/mol. The second-order valence-electron chi connectivity index (χ2n) is 5.02. The van der Waals surface area contributed by atoms with Crippen LogP contribution in [-0.4, -0.2) is 42.8 Å². The summed E-state index contributed by atoms with van der Waals surface area (Å²) in [5, 5.41) is -1.65. The Balaban J connectivity index is 0.000000407. The van der Waals surface area contributed by atoms with Crippen LogP contribution < -0.4 is 11.5 Å². The second kappa shape index (κ2) is 11.2. The Hall–Kier alpha value is -2.94. The van der Waals surface area contributed by atoms with Crippen molar-refractivity contribution in [2.75, 3.05) is 5.08 Å². The molecule has 2 aromatic rings. The molecule has 2 aromatic carbocycles. The van der Waals surface area contributed by atoms with E-state index in [9.17, 15) is 35.2 Å². The van der Waals surface area contributed by atoms with Gasteiger partial charge >= 0.3 is 0 Å². The topological polar surface area (TPSA) is 195 Å². The van der Waals surface area contributed by atoms with E-state index in [1.807, 2.05) is 0 Å². The third kappa shape index (κ3) is 13.8. The maximum absolute atomic E-state index is 12.2. The predicted molar refractivity (Wildman–Crippen MR) is 97.8 cm³/mol. The average Bonchev–Trinajstić information content (AvgIpc) is 2.53. The van der Waals surface area contributed by atoms with Gasteiger partial charge < -0.3 is 11.5 Å². The number of benzene rings is 2. The third-order valence-electron chi connectivity index (χ3n) is 2.56. The first-order chi connectivity index (χ1) is 13.1. The van der Waals surface area contributed by atoms with E-state index in [1.165, 1.54) is 48.5 Å². The number of rotatable bonds is 4. The van der Waals surface area contributed by atoms with Crippen molar-refractivity contribution >= 4 is 32.1 Å². The number of halogens is 2. The summed E-state index contributed by atoms with van der Waals surface area (Å²) in [5.41, 5.74) is 10.4. The van der Waals surface area contributed by atoms with Gasteiger partial charge in [0.2, 0.25) is 16.9 Å². The van der Waals surface area contributed by atoms with Crippen LogP contribution in [0.3, 0.4) is 0 Å². The van der Waals surface area contributed by atoms with Gasteiger partial charge in [-0.05, 0) is 48.5 Å². The highest BCUT2D eigenvalue weighted by Gasteiger charge is 2.15. The number of carbonyl (C=O) groups excluding carboxylic acids is 2. The molecule has 0 fully saturated rings. The fourth-order valence-corrected chi connectivity index (χ4v) is 2.92. The second-order valence-corrected chi connectivity index (χ2v) is 8.29. The smallest absolute Gasteiger partial charge is 0.281 e. The Bertz CT molecular complexity index is 953. The van der Waals surface area contributed by atoms with Crippen LogP contribution in [0, 0.1) is 11.6 Å². The Morgan fingerprint density at radius 3 is 1.07 bits per heavy atom. The molecule has 0 radical (unpaired) electrons. The number of carbonyl (C=O) groups is 2. The van der Waals surface area contributed by atoms with Crippen molar-refractivity contribution in [3.63, 3.8) is 0 Å². The molecule has 0 aliphatic carbocycles. The molecule has 6 N–H and O–H groups in total. The molecule has 0 aliphatic heterocycles. The maximum Gasteiger partial charge on any atom is 0.281 e. The standard InChI is InChI=1S/2C7H6FNO.CH4O6S2/c2*8-6-3-1-5(2-4-6)7(9)10;2-8(3,4)1-9(5,6)7/h2*1-4H,(H2,9,10);1H2,(H,2,3,4)(H,5,6,7). The van der Waals surface area contributed by atoms with Crippen molar-refractivity contribution in [3.05, 3.63) is 71.3 Å². The zero-order chi connectivity index (χ0) is 22.8. The summed E-state index contributed by atoms with van der Waals surface area (Å²) in [7, 11) is -9.24. The highest BCUT2D eigenvalue weighted by atomic mass is 32.3. The zero-order valence-electron chi connectivity index (χ0n) is 14.4. The molecule has 10 nitrogen and oxygen atoms in total. The summed E-state index contributed by atoms with van der Waals surface area (Å²) in [5.74, 6) is -1.82. The van der Waals surface area contributed by atoms with Gasteiger partial charge in [0.1, 0.15) is 11.6 Å². The van der Waals surface area contributed by atoms with Gasteiger partial charge in [-0.3, -0.25) is 18.7 Å². The number of hydrogen-bond acceptors (Lipinski definition) is 6. The lowest BCUT2D eigenvalue weighted by Crippen LogP contribution is -2.13. The Kier molecular flexibility index (Phi) is 10.0. The summed E-state index contributed by atoms with van der Waals surface area (Å²) in [6.45, 7) is 0. The van der Waals surface area contributed by atoms with E-state index in [0.29, 0.717) is 11.1 Å². The van der Waals surface area contributed by atoms with Crippen LogP contribution in [0.2, 0.25) is 0 Å². The first kappa shape index (κ1) is 26.1. The molecule has 29 heavy (non-hydrogen) atoms. The summed E-state index contributed by atoms with van der Waals surface area (Å²) in [6.07, 6.45) is 0. The van der Waals surface area contributed by atoms with Crippen molar-refractivity contribution in [1.82, 2.24) is 0 Å². The highest BCUT2D eigenvalue weighted by Crippen LogP contribution is 2.01. The van der Waals surface area contributed by atoms with Crippen molar-refractivity contribution in [3.8, 4) is 0 Å². The van der Waals surface area contributed by atoms with Gasteiger partial charge in [0.15, 0.2) is 0 Å². The summed E-state index contributed by atoms with van der Waals surface area (Å²) < 4.78 is 78.6. The molecule has 0 heterocycles. The van der Waals surface area contributed by atoms with E-state index >= 15 is 0 Å². The normalized spacial score (nSPS) is 10.6. The monoisotopic (exact) mass is 454 g/mol. The molecule has 0 atom stereocenters. The minimum atomic E-state index is -4.62. The zero-order valence-corrected chi connectivity index (χ0v) is 16.0. The van der Waals surface area contributed by atoms with E-state index in [0.717, 1.165) is 0 Å². The summed E-state index contributed by atoms with van der Waals surface area (Å²) in [6, 6.07) is 10.2. The Morgan fingerprint density at radius 2 is 0.931 bits per heavy atom. The number of primary amides is 2. The molecule has 2 rings (SSSR count). The lowest BCUT2D eigenvalue weighted by Gasteiger charge is -1.91. The van der Waals surface area contributed by atoms with Gasteiger partial charge in [-0.1, -0.05) is 0 Å². The van der Waals surface area contributed by atoms with E-state index in [2.05, 4.69) is 0 Å². The van der Waals surface area contributed by atoms with Crippen molar-refractivity contribution in [2.45, 2.75) is 0 Å². The number of nitrogens with two attached hydrogens (primary N) is 2. The summed E-state index contributed by atoms with van der Waals surface area (Å²) >= 11 is 0. The Morgan fingerprint density at radius 1 is 0.690 bits per heavy atom. The quantitative estimate of drug-likeness (QED) is 0.481. The van der Waals surface area contributed by atoms with Gasteiger partial charge in [-0.25, -0.2) is 8.78 Å². The SMILES string of the molecule is NC(=O)c1ccc(F)cc1.NC(=O)c1ccc(F)cc1.O=S(=O)(O)CS(=O)(=O)O. The fourth-order valence-electron chi connectivity index (χ4n) is 1.42. The maximum atomic E-state index is 12.2. The van der Waals surface area contributed by atoms with Gasteiger partial charge in [-0.15, -0.1) is 0 Å². The van der Waals surface area contributed by atoms with Crippen molar-refractivity contribution < 1.29 is 44.3 Å². The average molecular weight is 454 g/mol. The Labute approximate surface area is 164 Å². The minimum Gasteiger partial charge on any atom is -0.366 e. The number of hydrogen-bond donors (Lipinski definition) is 4. The van der Waals surface area contributed by atoms with E-state index in [-0.39, 0.29) is 11.6 Å². The minimum absolute atomic E-state index is 0.321. The van der Waals surface area contributed by atoms with Gasteiger partial charge in [0, 0.05) is 11.1 Å². The first-order valence-electron chi connectivity index (χ1n) is 7.12. The van der Waals surface area contributed by atoms with Crippen LogP contribution in [-0.2, 0) is 20.2 Å². The molecule has 0 unspecified atom stereocenters. The van der Waals surface area contributed by atoms with Crippen LogP contribution in [0.25, 0.3) is 0 Å². The number of amides is 2. The van der Waals surface area contributed by atoms with Crippen LogP contribution in [0.5, 0.6) is 0 Å². The van der Waals surface area contributed by atoms with Crippen molar-refractivity contribution in [2.24, 2.45) is 11.5 Å². The molecule has 0 saturated heterocycles. The molecule has 0 aliphatic rings. The molecule has 160 valence electrons. The van der Waals surface area contributed by atoms with E-state index in [1.54, 1.807) is 0 Å². The largest absolute Gasteiger partial charge is 0.366 e. The van der Waals surface area contributed by atoms with E-state index < -0.39 is 37.1 Å². The molecule has 0 aromatic heterocycles. The van der Waals surface area contributed by atoms with Gasteiger partial charge in [-0.2, -0.15) is 16.8 Å². The molecular formula is C15H16F2N2O8S2. The van der Waals surface area contributed by atoms with Crippen LogP contribution in [0.1, 0.15) is 20.7 Å². The molecule has 2 amide bonds. The lowest BCUT2D eigenvalue weighted by molar-refractivity contribution is 0.0991. The molecule has 0 bridgehead atoms. The van der Waals surface area contributed by atoms with Gasteiger partial charge in [0.25, 0.3) is 20.2 Å². The fraction of sp³-hybridized carbons (Fsp3) is 0.0667. The third-order valence-corrected chi connectivity index (χ3v) is 4.94. The highest BCUT2D eigenvalue weighted by molar-refractivity contribution is 8.02.